The molecule has 0 bridgehead atoms. The number of rotatable bonds is 4. The number of benzene rings is 2. The van der Waals surface area contributed by atoms with Crippen LogP contribution in [-0.4, -0.2) is 5.11 Å². The average Bonchev–Trinajstić information content (AvgIpc) is 2.40. The molecule has 0 heterocycles. The Hall–Kier alpha value is -1.03. The van der Waals surface area contributed by atoms with Crippen LogP contribution in [0.4, 0.5) is 0 Å². The largest absolute Gasteiger partial charge is 0.508 e. The van der Waals surface area contributed by atoms with E-state index in [4.69, 9.17) is 11.6 Å². The quantitative estimate of drug-likeness (QED) is 0.848. The van der Waals surface area contributed by atoms with Crippen LogP contribution in [0.2, 0.25) is 5.02 Å². The topological polar surface area (TPSA) is 32.3 Å². The first kappa shape index (κ1) is 14.4. The number of halogens is 2. The molecule has 100 valence electrons. The van der Waals surface area contributed by atoms with Crippen LogP contribution in [0.1, 0.15) is 24.1 Å². The van der Waals surface area contributed by atoms with E-state index in [-0.39, 0.29) is 6.04 Å². The van der Waals surface area contributed by atoms with Crippen molar-refractivity contribution < 1.29 is 5.11 Å². The zero-order valence-electron chi connectivity index (χ0n) is 10.5. The van der Waals surface area contributed by atoms with Crippen LogP contribution in [0, 0.1) is 0 Å². The Balaban J connectivity index is 2.06. The lowest BCUT2D eigenvalue weighted by molar-refractivity contribution is 0.460. The van der Waals surface area contributed by atoms with Gasteiger partial charge in [0.15, 0.2) is 0 Å². The Morgan fingerprint density at radius 2 is 2.00 bits per heavy atom. The highest BCUT2D eigenvalue weighted by molar-refractivity contribution is 9.10. The second kappa shape index (κ2) is 6.42. The van der Waals surface area contributed by atoms with Crippen LogP contribution in [0.5, 0.6) is 5.75 Å². The molecule has 4 heteroatoms. The van der Waals surface area contributed by atoms with Gasteiger partial charge in [0.2, 0.25) is 0 Å². The van der Waals surface area contributed by atoms with Crippen LogP contribution in [0.15, 0.2) is 46.9 Å². The molecule has 2 nitrogen and oxygen atoms in total. The molecular formula is C15H15BrClNO. The zero-order chi connectivity index (χ0) is 13.8. The second-order valence-electron chi connectivity index (χ2n) is 4.40. The number of hydrogen-bond acceptors (Lipinski definition) is 2. The standard InChI is InChI=1S/C15H15BrClNO/c1-10(13-4-2-3-5-14(13)17)18-9-11-8-12(16)6-7-15(11)19/h2-8,10,18-19H,9H2,1H3. The number of nitrogens with one attached hydrogen (secondary N) is 1. The molecule has 0 aliphatic carbocycles. The number of phenols is 1. The Morgan fingerprint density at radius 3 is 2.74 bits per heavy atom. The summed E-state index contributed by atoms with van der Waals surface area (Å²) >= 11 is 9.56. The van der Waals surface area contributed by atoms with E-state index in [1.165, 1.54) is 0 Å². The lowest BCUT2D eigenvalue weighted by Crippen LogP contribution is -2.18. The minimum absolute atomic E-state index is 0.118. The highest BCUT2D eigenvalue weighted by Crippen LogP contribution is 2.25. The molecule has 1 atom stereocenters. The van der Waals surface area contributed by atoms with Gasteiger partial charge in [0.25, 0.3) is 0 Å². The van der Waals surface area contributed by atoms with Gasteiger partial charge in [-0.15, -0.1) is 0 Å². The molecule has 0 aromatic heterocycles. The third-order valence-corrected chi connectivity index (χ3v) is 3.85. The van der Waals surface area contributed by atoms with Crippen molar-refractivity contribution in [1.29, 1.82) is 0 Å². The van der Waals surface area contributed by atoms with Gasteiger partial charge in [0.05, 0.1) is 0 Å². The van der Waals surface area contributed by atoms with E-state index in [1.807, 2.05) is 36.4 Å². The molecule has 2 aromatic carbocycles. The first-order valence-electron chi connectivity index (χ1n) is 6.03. The smallest absolute Gasteiger partial charge is 0.120 e. The summed E-state index contributed by atoms with van der Waals surface area (Å²) in [6.07, 6.45) is 0. The van der Waals surface area contributed by atoms with E-state index in [1.54, 1.807) is 6.07 Å². The number of hydrogen-bond donors (Lipinski definition) is 2. The van der Waals surface area contributed by atoms with Gasteiger partial charge in [-0.1, -0.05) is 45.7 Å². The Bertz CT molecular complexity index is 574. The fraction of sp³-hybridized carbons (Fsp3) is 0.200. The Labute approximate surface area is 126 Å². The van der Waals surface area contributed by atoms with Gasteiger partial charge in [0.1, 0.15) is 5.75 Å². The molecule has 2 rings (SSSR count). The molecule has 19 heavy (non-hydrogen) atoms. The SMILES string of the molecule is CC(NCc1cc(Br)ccc1O)c1ccccc1Cl. The fourth-order valence-electron chi connectivity index (χ4n) is 1.89. The summed E-state index contributed by atoms with van der Waals surface area (Å²) in [5, 5.41) is 13.9. The molecule has 2 N–H and O–H groups in total. The van der Waals surface area contributed by atoms with Crippen LogP contribution >= 0.6 is 27.5 Å². The molecule has 0 radical (unpaired) electrons. The summed E-state index contributed by atoms with van der Waals surface area (Å²) < 4.78 is 0.951. The normalized spacial score (nSPS) is 12.4. The molecule has 0 spiro atoms. The predicted molar refractivity (Wildman–Crippen MR) is 82.5 cm³/mol. The molecule has 0 fully saturated rings. The molecular weight excluding hydrogens is 326 g/mol. The van der Waals surface area contributed by atoms with Crippen molar-refractivity contribution in [2.45, 2.75) is 19.5 Å². The van der Waals surface area contributed by atoms with Crippen LogP contribution in [0.25, 0.3) is 0 Å². The highest BCUT2D eigenvalue weighted by atomic mass is 79.9. The van der Waals surface area contributed by atoms with Crippen molar-refractivity contribution in [3.8, 4) is 5.75 Å². The van der Waals surface area contributed by atoms with Gasteiger partial charge in [-0.2, -0.15) is 0 Å². The van der Waals surface area contributed by atoms with E-state index in [0.717, 1.165) is 20.6 Å². The number of phenolic OH excluding ortho intramolecular Hbond substituents is 1. The van der Waals surface area contributed by atoms with Gasteiger partial charge in [-0.25, -0.2) is 0 Å². The summed E-state index contributed by atoms with van der Waals surface area (Å²) in [6, 6.07) is 13.3. The third-order valence-electron chi connectivity index (χ3n) is 3.01. The maximum atomic E-state index is 9.79. The van der Waals surface area contributed by atoms with Crippen molar-refractivity contribution in [3.05, 3.63) is 63.1 Å². The molecule has 0 saturated heterocycles. The summed E-state index contributed by atoms with van der Waals surface area (Å²) in [5.41, 5.74) is 1.91. The van der Waals surface area contributed by atoms with Crippen LogP contribution in [-0.2, 0) is 6.54 Å². The maximum Gasteiger partial charge on any atom is 0.120 e. The highest BCUT2D eigenvalue weighted by Gasteiger charge is 2.09. The summed E-state index contributed by atoms with van der Waals surface area (Å²) in [4.78, 5) is 0. The fourth-order valence-corrected chi connectivity index (χ4v) is 2.60. The molecule has 0 amide bonds. The van der Waals surface area contributed by atoms with E-state index >= 15 is 0 Å². The summed E-state index contributed by atoms with van der Waals surface area (Å²) in [6.45, 7) is 2.63. The van der Waals surface area contributed by atoms with Crippen molar-refractivity contribution >= 4 is 27.5 Å². The van der Waals surface area contributed by atoms with E-state index in [2.05, 4.69) is 28.2 Å². The summed E-state index contributed by atoms with van der Waals surface area (Å²) in [5.74, 6) is 0.294. The maximum absolute atomic E-state index is 9.79. The molecule has 0 aliphatic rings. The van der Waals surface area contributed by atoms with Crippen LogP contribution < -0.4 is 5.32 Å². The van der Waals surface area contributed by atoms with Crippen molar-refractivity contribution in [2.75, 3.05) is 0 Å². The predicted octanol–water partition coefficient (Wildman–Crippen LogP) is 4.66. The molecule has 0 saturated carbocycles. The van der Waals surface area contributed by atoms with E-state index in [9.17, 15) is 5.11 Å². The summed E-state index contributed by atoms with van der Waals surface area (Å²) in [7, 11) is 0. The van der Waals surface area contributed by atoms with Gasteiger partial charge < -0.3 is 10.4 Å². The monoisotopic (exact) mass is 339 g/mol. The van der Waals surface area contributed by atoms with Gasteiger partial charge in [-0.05, 0) is 36.8 Å². The van der Waals surface area contributed by atoms with Gasteiger partial charge in [0, 0.05) is 27.6 Å². The Morgan fingerprint density at radius 1 is 1.26 bits per heavy atom. The van der Waals surface area contributed by atoms with Gasteiger partial charge in [-0.3, -0.25) is 0 Å². The molecule has 2 aromatic rings. The molecule has 0 aliphatic heterocycles. The average molecular weight is 341 g/mol. The van der Waals surface area contributed by atoms with Gasteiger partial charge >= 0.3 is 0 Å². The third kappa shape index (κ3) is 3.72. The van der Waals surface area contributed by atoms with Crippen molar-refractivity contribution in [1.82, 2.24) is 5.32 Å². The first-order valence-corrected chi connectivity index (χ1v) is 7.20. The lowest BCUT2D eigenvalue weighted by Gasteiger charge is -2.16. The minimum atomic E-state index is 0.118. The van der Waals surface area contributed by atoms with Crippen molar-refractivity contribution in [2.24, 2.45) is 0 Å². The first-order chi connectivity index (χ1) is 9.08. The number of aromatic hydroxyl groups is 1. The minimum Gasteiger partial charge on any atom is -0.508 e. The van der Waals surface area contributed by atoms with E-state index < -0.39 is 0 Å². The zero-order valence-corrected chi connectivity index (χ0v) is 12.9. The Kier molecular flexibility index (Phi) is 4.86. The van der Waals surface area contributed by atoms with Crippen molar-refractivity contribution in [3.63, 3.8) is 0 Å². The van der Waals surface area contributed by atoms with E-state index in [0.29, 0.717) is 12.3 Å². The second-order valence-corrected chi connectivity index (χ2v) is 5.72. The van der Waals surface area contributed by atoms with Crippen LogP contribution in [0.3, 0.4) is 0 Å². The lowest BCUT2D eigenvalue weighted by atomic mass is 10.1. The molecule has 1 unspecified atom stereocenters.